The van der Waals surface area contributed by atoms with E-state index in [-0.39, 0.29) is 8.98 Å². The molecule has 4 nitrogen and oxygen atoms in total. The molecule has 0 bridgehead atoms. The normalized spacial score (nSPS) is 25.8. The molecule has 15 heavy (non-hydrogen) atoms. The summed E-state index contributed by atoms with van der Waals surface area (Å²) in [5.41, 5.74) is 0. The molecule has 0 saturated carbocycles. The van der Waals surface area contributed by atoms with Crippen LogP contribution in [0.1, 0.15) is 25.7 Å². The molecule has 0 atom stereocenters. The van der Waals surface area contributed by atoms with Crippen LogP contribution >= 0.6 is 15.9 Å². The van der Waals surface area contributed by atoms with E-state index in [9.17, 15) is 8.42 Å². The highest BCUT2D eigenvalue weighted by Crippen LogP contribution is 2.25. The Hall–Kier alpha value is -0.360. The minimum absolute atomic E-state index is 0.175. The number of likely N-dealkylation sites (tertiary alicyclic amines) is 1. The minimum Gasteiger partial charge on any atom is -0.347 e. The summed E-state index contributed by atoms with van der Waals surface area (Å²) in [5, 5.41) is 0.219. The highest BCUT2D eigenvalue weighted by Gasteiger charge is 2.32. The van der Waals surface area contributed by atoms with Crippen LogP contribution in [0.5, 0.6) is 0 Å². The molecule has 84 valence electrons. The van der Waals surface area contributed by atoms with Crippen molar-refractivity contribution < 1.29 is 8.42 Å². The molecule has 0 radical (unpaired) electrons. The summed E-state index contributed by atoms with van der Waals surface area (Å²) in [7, 11) is -3.33. The molecule has 2 rings (SSSR count). The van der Waals surface area contributed by atoms with E-state index in [1.54, 1.807) is 0 Å². The third kappa shape index (κ3) is 2.10. The van der Waals surface area contributed by atoms with Crippen LogP contribution in [0, 0.1) is 0 Å². The number of aliphatic imine (C=N–C) groups is 1. The second kappa shape index (κ2) is 4.25. The summed E-state index contributed by atoms with van der Waals surface area (Å²) in [6.45, 7) is 1.60. The molecule has 0 spiro atoms. The third-order valence-electron chi connectivity index (χ3n) is 2.65. The van der Waals surface area contributed by atoms with Gasteiger partial charge in [0.25, 0.3) is 0 Å². The summed E-state index contributed by atoms with van der Waals surface area (Å²) in [6.07, 6.45) is 5.82. The predicted molar refractivity (Wildman–Crippen MR) is 63.4 cm³/mol. The second-order valence-electron chi connectivity index (χ2n) is 3.75. The zero-order chi connectivity index (χ0) is 10.9. The van der Waals surface area contributed by atoms with Gasteiger partial charge < -0.3 is 4.90 Å². The van der Waals surface area contributed by atoms with Gasteiger partial charge in [-0.05, 0) is 28.8 Å². The standard InChI is InChI=1S/C9H13BrN2O2S/c10-8-7-11-9(15(8,13)14)12-5-3-1-2-4-6-12/h7H,1-6H2. The Bertz CT molecular complexity index is 406. The van der Waals surface area contributed by atoms with Gasteiger partial charge >= 0.3 is 0 Å². The molecule has 0 aromatic heterocycles. The zero-order valence-corrected chi connectivity index (χ0v) is 10.7. The van der Waals surface area contributed by atoms with Crippen molar-refractivity contribution >= 4 is 30.9 Å². The molecule has 1 saturated heterocycles. The molecule has 2 aliphatic heterocycles. The highest BCUT2D eigenvalue weighted by atomic mass is 79.9. The van der Waals surface area contributed by atoms with Gasteiger partial charge in [0.1, 0.15) is 3.81 Å². The molecule has 0 aromatic rings. The van der Waals surface area contributed by atoms with E-state index >= 15 is 0 Å². The summed E-state index contributed by atoms with van der Waals surface area (Å²) < 4.78 is 23.8. The average Bonchev–Trinajstić information content (AvgIpc) is 2.46. The van der Waals surface area contributed by atoms with Crippen molar-refractivity contribution in [3.63, 3.8) is 0 Å². The fourth-order valence-corrected chi connectivity index (χ4v) is 3.46. The number of nitrogens with zero attached hydrogens (tertiary/aromatic N) is 2. The maximum Gasteiger partial charge on any atom is 0.247 e. The number of sulfone groups is 1. The number of rotatable bonds is 0. The van der Waals surface area contributed by atoms with Gasteiger partial charge in [0, 0.05) is 13.1 Å². The molecule has 0 aromatic carbocycles. The molecular formula is C9H13BrN2O2S. The van der Waals surface area contributed by atoms with Crippen molar-refractivity contribution in [1.82, 2.24) is 4.90 Å². The largest absolute Gasteiger partial charge is 0.347 e. The maximum absolute atomic E-state index is 11.8. The first-order chi connectivity index (χ1) is 7.12. The van der Waals surface area contributed by atoms with E-state index in [4.69, 9.17) is 0 Å². The Morgan fingerprint density at radius 1 is 1.20 bits per heavy atom. The number of hydrogen-bond acceptors (Lipinski definition) is 4. The molecule has 6 heteroatoms. The summed E-state index contributed by atoms with van der Waals surface area (Å²) in [5.74, 6) is 0. The van der Waals surface area contributed by atoms with Crippen LogP contribution in [-0.2, 0) is 9.84 Å². The Labute approximate surface area is 98.1 Å². The number of halogens is 1. The van der Waals surface area contributed by atoms with Crippen LogP contribution < -0.4 is 0 Å². The molecule has 2 heterocycles. The molecule has 1 fully saturated rings. The molecule has 0 amide bonds. The second-order valence-corrected chi connectivity index (χ2v) is 6.94. The topological polar surface area (TPSA) is 49.7 Å². The van der Waals surface area contributed by atoms with Crippen molar-refractivity contribution in [2.45, 2.75) is 25.7 Å². The summed E-state index contributed by atoms with van der Waals surface area (Å²) in [4.78, 5) is 5.86. The van der Waals surface area contributed by atoms with Gasteiger partial charge in [0.05, 0.1) is 6.20 Å². The average molecular weight is 293 g/mol. The SMILES string of the molecule is O=S1(=O)C(Br)=CN=C1N1CCCCCC1. The lowest BCUT2D eigenvalue weighted by Crippen LogP contribution is -2.35. The van der Waals surface area contributed by atoms with Crippen LogP contribution in [0.15, 0.2) is 15.0 Å². The van der Waals surface area contributed by atoms with E-state index in [1.807, 2.05) is 4.90 Å². The summed E-state index contributed by atoms with van der Waals surface area (Å²) >= 11 is 3.02. The van der Waals surface area contributed by atoms with Gasteiger partial charge in [-0.3, -0.25) is 0 Å². The Kier molecular flexibility index (Phi) is 3.16. The third-order valence-corrected chi connectivity index (χ3v) is 5.60. The van der Waals surface area contributed by atoms with Crippen molar-refractivity contribution in [2.75, 3.05) is 13.1 Å². The monoisotopic (exact) mass is 292 g/mol. The fraction of sp³-hybridized carbons (Fsp3) is 0.667. The van der Waals surface area contributed by atoms with E-state index in [1.165, 1.54) is 19.0 Å². The smallest absolute Gasteiger partial charge is 0.247 e. The first-order valence-electron chi connectivity index (χ1n) is 5.06. The Morgan fingerprint density at radius 2 is 1.80 bits per heavy atom. The van der Waals surface area contributed by atoms with E-state index < -0.39 is 9.84 Å². The van der Waals surface area contributed by atoms with Gasteiger partial charge in [-0.15, -0.1) is 0 Å². The van der Waals surface area contributed by atoms with E-state index in [0.29, 0.717) is 0 Å². The zero-order valence-electron chi connectivity index (χ0n) is 8.32. The number of amidine groups is 1. The predicted octanol–water partition coefficient (Wildman–Crippen LogP) is 1.84. The van der Waals surface area contributed by atoms with E-state index in [2.05, 4.69) is 20.9 Å². The van der Waals surface area contributed by atoms with Crippen LogP contribution in [0.3, 0.4) is 0 Å². The molecule has 0 unspecified atom stereocenters. The first-order valence-corrected chi connectivity index (χ1v) is 7.33. The molecular weight excluding hydrogens is 280 g/mol. The van der Waals surface area contributed by atoms with Gasteiger partial charge in [0.15, 0.2) is 0 Å². The van der Waals surface area contributed by atoms with Crippen molar-refractivity contribution in [1.29, 1.82) is 0 Å². The van der Waals surface area contributed by atoms with Gasteiger partial charge in [0.2, 0.25) is 15.0 Å². The van der Waals surface area contributed by atoms with Crippen LogP contribution in [0.25, 0.3) is 0 Å². The lowest BCUT2D eigenvalue weighted by atomic mass is 10.2. The van der Waals surface area contributed by atoms with Gasteiger partial charge in [-0.1, -0.05) is 12.8 Å². The quantitative estimate of drug-likeness (QED) is 0.685. The molecule has 0 aliphatic carbocycles. The minimum atomic E-state index is -3.33. The lowest BCUT2D eigenvalue weighted by Gasteiger charge is -2.21. The lowest BCUT2D eigenvalue weighted by molar-refractivity contribution is 0.440. The van der Waals surface area contributed by atoms with E-state index in [0.717, 1.165) is 25.9 Å². The Balaban J connectivity index is 2.19. The van der Waals surface area contributed by atoms with Crippen LogP contribution in [-0.4, -0.2) is 31.6 Å². The van der Waals surface area contributed by atoms with Gasteiger partial charge in [-0.2, -0.15) is 0 Å². The molecule has 0 N–H and O–H groups in total. The number of hydrogen-bond donors (Lipinski definition) is 0. The fourth-order valence-electron chi connectivity index (χ4n) is 1.85. The van der Waals surface area contributed by atoms with Gasteiger partial charge in [-0.25, -0.2) is 13.4 Å². The van der Waals surface area contributed by atoms with Crippen molar-refractivity contribution in [2.24, 2.45) is 4.99 Å². The maximum atomic E-state index is 11.8. The summed E-state index contributed by atoms with van der Waals surface area (Å²) in [6, 6.07) is 0. The molecule has 2 aliphatic rings. The van der Waals surface area contributed by atoms with Crippen molar-refractivity contribution in [3.8, 4) is 0 Å². The highest BCUT2D eigenvalue weighted by molar-refractivity contribution is 9.14. The van der Waals surface area contributed by atoms with Crippen LogP contribution in [0.2, 0.25) is 0 Å². The Morgan fingerprint density at radius 3 is 2.27 bits per heavy atom. The first kappa shape index (κ1) is 11.1. The van der Waals surface area contributed by atoms with Crippen LogP contribution in [0.4, 0.5) is 0 Å². The van der Waals surface area contributed by atoms with Crippen molar-refractivity contribution in [3.05, 3.63) is 10.0 Å².